The van der Waals surface area contributed by atoms with Crippen LogP contribution in [0.1, 0.15) is 25.0 Å². The second-order valence-corrected chi connectivity index (χ2v) is 14.7. The Morgan fingerprint density at radius 3 is 1.25 bits per heavy atom. The van der Waals surface area contributed by atoms with Gasteiger partial charge >= 0.3 is 24.1 Å². The Labute approximate surface area is 380 Å². The number of carbonyl (C=O) groups is 6. The van der Waals surface area contributed by atoms with Gasteiger partial charge in [0.15, 0.2) is 36.3 Å². The van der Waals surface area contributed by atoms with E-state index in [4.69, 9.17) is 46.6 Å². The van der Waals surface area contributed by atoms with Crippen molar-refractivity contribution in [3.63, 3.8) is 0 Å². The first-order valence-electron chi connectivity index (χ1n) is 20.0. The number of amides is 4. The number of nitrogens with zero attached hydrogens (tertiary/aromatic N) is 2. The van der Waals surface area contributed by atoms with Crippen molar-refractivity contribution in [2.45, 2.75) is 87.7 Å². The minimum Gasteiger partial charge on any atom is -0.477 e. The third kappa shape index (κ3) is 15.1. The normalized spacial score (nSPS) is 21.5. The Balaban J connectivity index is 1.35. The second-order valence-electron chi connectivity index (χ2n) is 14.7. The van der Waals surface area contributed by atoms with E-state index < -0.39 is 133 Å². The maximum Gasteiger partial charge on any atom is 0.407 e. The molecule has 0 aromatic heterocycles. The summed E-state index contributed by atoms with van der Waals surface area (Å²) in [5.41, 5.74) is 23.1. The van der Waals surface area contributed by atoms with Gasteiger partial charge in [-0.2, -0.15) is 0 Å². The van der Waals surface area contributed by atoms with Gasteiger partial charge < -0.3 is 98.5 Å². The first-order valence-corrected chi connectivity index (χ1v) is 20.0. The van der Waals surface area contributed by atoms with E-state index in [1.165, 1.54) is 0 Å². The molecule has 10 atom stereocenters. The van der Waals surface area contributed by atoms with Crippen molar-refractivity contribution in [2.75, 3.05) is 13.2 Å². The molecule has 0 saturated heterocycles. The number of carboxylic acid groups (broad SMARTS) is 2. The monoisotopic (exact) mass is 944 g/mol. The summed E-state index contributed by atoms with van der Waals surface area (Å²) >= 11 is 0. The predicted octanol–water partition coefficient (Wildman–Crippen LogP) is -3.60. The highest BCUT2D eigenvalue weighted by molar-refractivity contribution is 5.86. The average Bonchev–Trinajstić information content (AvgIpc) is 3.26. The molecule has 67 heavy (non-hydrogen) atoms. The quantitative estimate of drug-likeness (QED) is 0.0450. The summed E-state index contributed by atoms with van der Waals surface area (Å²) in [6.45, 7) is 0.128. The molecule has 10 unspecified atom stereocenters. The highest BCUT2D eigenvalue weighted by Crippen LogP contribution is 2.29. The number of nitrogens with one attached hydrogen (secondary N) is 4. The Bertz CT molecular complexity index is 2060. The van der Waals surface area contributed by atoms with Crippen molar-refractivity contribution in [3.05, 3.63) is 83.3 Å². The zero-order chi connectivity index (χ0) is 49.5. The minimum atomic E-state index is -1.82. The Hall–Kier alpha value is -7.88. The number of hydrogen-bond acceptors (Lipinski definition) is 17. The van der Waals surface area contributed by atoms with Crippen LogP contribution < -0.4 is 48.9 Å². The highest BCUT2D eigenvalue weighted by atomic mass is 16.6. The van der Waals surface area contributed by atoms with Crippen molar-refractivity contribution < 1.29 is 83.1 Å². The van der Waals surface area contributed by atoms with Crippen LogP contribution in [0.4, 0.5) is 9.59 Å². The summed E-state index contributed by atoms with van der Waals surface area (Å²) in [6.07, 6.45) is -10.5. The van der Waals surface area contributed by atoms with E-state index in [1.54, 1.807) is 48.5 Å². The lowest BCUT2D eigenvalue weighted by atomic mass is 9.92. The van der Waals surface area contributed by atoms with Gasteiger partial charge in [0.1, 0.15) is 23.7 Å². The number of rotatable bonds is 20. The average molecular weight is 945 g/mol. The van der Waals surface area contributed by atoms with E-state index in [1.807, 2.05) is 0 Å². The number of carboxylic acids is 2. The molecule has 2 aromatic carbocycles. The number of hydrogen-bond donors (Lipinski definition) is 14. The van der Waals surface area contributed by atoms with Gasteiger partial charge in [-0.3, -0.25) is 9.59 Å². The van der Waals surface area contributed by atoms with Gasteiger partial charge in [-0.05, 0) is 47.5 Å². The van der Waals surface area contributed by atoms with Gasteiger partial charge in [-0.15, -0.1) is 0 Å². The zero-order valence-electron chi connectivity index (χ0n) is 35.8. The van der Waals surface area contributed by atoms with Gasteiger partial charge in [0.25, 0.3) is 0 Å². The lowest BCUT2D eigenvalue weighted by Gasteiger charge is -2.39. The molecule has 2 heterocycles. The molecule has 4 rings (SSSR count). The van der Waals surface area contributed by atoms with Crippen LogP contribution in [-0.2, 0) is 51.2 Å². The number of aliphatic hydroxyl groups excluding tert-OH is 4. The summed E-state index contributed by atoms with van der Waals surface area (Å²) < 4.78 is 27.7. The summed E-state index contributed by atoms with van der Waals surface area (Å²) in [4.78, 5) is 81.7. The van der Waals surface area contributed by atoms with Crippen molar-refractivity contribution in [3.8, 4) is 11.5 Å². The lowest BCUT2D eigenvalue weighted by molar-refractivity contribution is -0.147. The molecule has 0 spiro atoms. The van der Waals surface area contributed by atoms with Crippen LogP contribution in [0.2, 0.25) is 0 Å². The van der Waals surface area contributed by atoms with E-state index in [-0.39, 0.29) is 13.1 Å². The molecule has 4 amide bonds. The van der Waals surface area contributed by atoms with Crippen LogP contribution in [0.25, 0.3) is 0 Å². The first kappa shape index (κ1) is 51.8. The fraction of sp³-hybridized carbons (Fsp3) is 0.400. The van der Waals surface area contributed by atoms with Gasteiger partial charge in [0.2, 0.25) is 23.3 Å². The van der Waals surface area contributed by atoms with Crippen molar-refractivity contribution in [2.24, 2.45) is 32.9 Å². The minimum absolute atomic E-state index is 0.120. The molecule has 2 aliphatic heterocycles. The summed E-state index contributed by atoms with van der Waals surface area (Å²) in [6, 6.07) is 7.78. The Kier molecular flexibility index (Phi) is 18.4. The van der Waals surface area contributed by atoms with E-state index in [9.17, 15) is 59.4 Å². The van der Waals surface area contributed by atoms with Crippen molar-refractivity contribution in [1.82, 2.24) is 21.3 Å². The molecular weight excluding hydrogens is 892 g/mol. The molecule has 2 aliphatic rings. The number of guanidine groups is 2. The standard InChI is InChI=1S/C40H52N10O17/c1-17(53)47-29-23(49-37(41)42)11-27(35(57)58)64-33(29)31(25(55)15-51)66-39(61)45-13-19-3-7-21(8-4-19)63-22-9-5-20(6-10-22)14-46-40(62)67-32(26(56)16-52)34-30(48-18(2)54)24(50-38(43)44)12-28(65-34)36(59)60/h3-12,23-26,29-34,51-52,55-56H,13-16H2,1-2H3,(H,45,61)(H,46,62)(H,47,53)(H,48,54)(H,57,58)(H,59,60)(H4,41,42,49)(H4,43,44,50). The molecule has 27 nitrogen and oxygen atoms in total. The fourth-order valence-corrected chi connectivity index (χ4v) is 6.70. The van der Waals surface area contributed by atoms with E-state index in [0.29, 0.717) is 22.6 Å². The van der Waals surface area contributed by atoms with Crippen LogP contribution in [-0.4, -0.2) is 153 Å². The summed E-state index contributed by atoms with van der Waals surface area (Å²) in [5, 5.41) is 70.1. The summed E-state index contributed by atoms with van der Waals surface area (Å²) in [7, 11) is 0. The number of aliphatic imine (C=N–C) groups is 2. The predicted molar refractivity (Wildman–Crippen MR) is 229 cm³/mol. The zero-order valence-corrected chi connectivity index (χ0v) is 35.8. The number of alkyl carbamates (subject to hydrolysis) is 2. The molecule has 0 fully saturated rings. The third-order valence-corrected chi connectivity index (χ3v) is 9.59. The maximum atomic E-state index is 13.0. The van der Waals surface area contributed by atoms with E-state index in [0.717, 1.165) is 26.0 Å². The van der Waals surface area contributed by atoms with Gasteiger partial charge in [-0.25, -0.2) is 29.2 Å². The SMILES string of the molecule is CC(=O)NC1C(N=C(N)N)C=C(C(=O)O)OC1C(OC(=O)NCc1ccc(Oc2ccc(CNC(=O)OC(C(O)CO)C3OC(C(=O)O)=CC(N=C(N)N)C3NC(C)=O)cc2)cc1)C(O)CO. The van der Waals surface area contributed by atoms with E-state index >= 15 is 0 Å². The largest absolute Gasteiger partial charge is 0.477 e. The number of nitrogens with two attached hydrogens (primary N) is 4. The molecule has 0 bridgehead atoms. The van der Waals surface area contributed by atoms with Crippen LogP contribution in [0.3, 0.4) is 0 Å². The molecule has 0 aliphatic carbocycles. The molecule has 364 valence electrons. The maximum absolute atomic E-state index is 13.0. The van der Waals surface area contributed by atoms with Crippen LogP contribution in [0, 0.1) is 0 Å². The Morgan fingerprint density at radius 2 is 0.970 bits per heavy atom. The molecule has 0 saturated carbocycles. The number of aliphatic carboxylic acids is 2. The summed E-state index contributed by atoms with van der Waals surface area (Å²) in [5.74, 6) is -5.89. The number of aliphatic hydroxyl groups is 4. The highest BCUT2D eigenvalue weighted by Gasteiger charge is 2.48. The van der Waals surface area contributed by atoms with Crippen LogP contribution >= 0.6 is 0 Å². The molecule has 18 N–H and O–H groups in total. The second kappa shape index (κ2) is 23.9. The van der Waals surface area contributed by atoms with Crippen molar-refractivity contribution >= 4 is 47.9 Å². The first-order chi connectivity index (χ1) is 31.7. The number of ether oxygens (including phenoxy) is 5. The number of benzene rings is 2. The van der Waals surface area contributed by atoms with E-state index in [2.05, 4.69) is 31.3 Å². The fourth-order valence-electron chi connectivity index (χ4n) is 6.70. The smallest absolute Gasteiger partial charge is 0.407 e. The molecule has 0 radical (unpaired) electrons. The van der Waals surface area contributed by atoms with Crippen LogP contribution in [0.15, 0.2) is 82.2 Å². The molecule has 27 heteroatoms. The number of carbonyl (C=O) groups excluding carboxylic acids is 4. The van der Waals surface area contributed by atoms with Crippen LogP contribution in [0.5, 0.6) is 11.5 Å². The molecular formula is C40H52N10O17. The van der Waals surface area contributed by atoms with Gasteiger partial charge in [0.05, 0.1) is 37.4 Å². The van der Waals surface area contributed by atoms with Crippen molar-refractivity contribution in [1.29, 1.82) is 0 Å². The topological polar surface area (TPSA) is 447 Å². The lowest BCUT2D eigenvalue weighted by Crippen LogP contribution is -2.61. The van der Waals surface area contributed by atoms with Gasteiger partial charge in [-0.1, -0.05) is 24.3 Å². The third-order valence-electron chi connectivity index (χ3n) is 9.59. The Morgan fingerprint density at radius 1 is 0.627 bits per heavy atom. The van der Waals surface area contributed by atoms with Gasteiger partial charge in [0, 0.05) is 26.9 Å². The molecule has 2 aromatic rings.